The van der Waals surface area contributed by atoms with Gasteiger partial charge in [0.15, 0.2) is 0 Å². The maximum atomic E-state index is 12.7. The summed E-state index contributed by atoms with van der Waals surface area (Å²) in [7, 11) is 0. The number of hydrogen-bond acceptors (Lipinski definition) is 2. The van der Waals surface area contributed by atoms with Crippen molar-refractivity contribution in [2.24, 2.45) is 17.1 Å². The number of nitrogens with zero attached hydrogens (tertiary/aromatic N) is 1. The van der Waals surface area contributed by atoms with Gasteiger partial charge in [-0.3, -0.25) is 4.79 Å². The molecule has 0 aromatic heterocycles. The first-order chi connectivity index (χ1) is 8.05. The highest BCUT2D eigenvalue weighted by molar-refractivity contribution is 5.83. The number of nitrogens with two attached hydrogens (primary N) is 1. The first-order valence-electron chi connectivity index (χ1n) is 7.05. The van der Waals surface area contributed by atoms with Gasteiger partial charge in [-0.2, -0.15) is 0 Å². The Bertz CT molecular complexity index is 245. The number of amides is 1. The van der Waals surface area contributed by atoms with Crippen molar-refractivity contribution in [3.63, 3.8) is 0 Å². The molecule has 0 heterocycles. The van der Waals surface area contributed by atoms with E-state index in [0.29, 0.717) is 18.4 Å². The van der Waals surface area contributed by atoms with Crippen LogP contribution in [-0.4, -0.2) is 30.4 Å². The molecule has 0 radical (unpaired) electrons. The van der Waals surface area contributed by atoms with Crippen LogP contribution in [0.15, 0.2) is 0 Å². The van der Waals surface area contributed by atoms with E-state index in [-0.39, 0.29) is 5.41 Å². The molecule has 1 aliphatic rings. The third-order valence-electron chi connectivity index (χ3n) is 3.91. The van der Waals surface area contributed by atoms with E-state index in [2.05, 4.69) is 20.8 Å². The lowest BCUT2D eigenvalue weighted by atomic mass is 9.73. The first kappa shape index (κ1) is 14.5. The first-order valence-corrected chi connectivity index (χ1v) is 7.05. The molecule has 100 valence electrons. The van der Waals surface area contributed by atoms with Crippen LogP contribution in [0.5, 0.6) is 0 Å². The highest BCUT2D eigenvalue weighted by atomic mass is 16.2. The molecular weight excluding hydrogens is 212 g/mol. The quantitative estimate of drug-likeness (QED) is 0.802. The second kappa shape index (κ2) is 6.39. The summed E-state index contributed by atoms with van der Waals surface area (Å²) in [5.41, 5.74) is 5.67. The molecule has 1 fully saturated rings. The van der Waals surface area contributed by atoms with E-state index in [1.807, 2.05) is 4.90 Å². The average molecular weight is 240 g/mol. The Labute approximate surface area is 106 Å². The van der Waals surface area contributed by atoms with E-state index in [1.54, 1.807) is 0 Å². The summed E-state index contributed by atoms with van der Waals surface area (Å²) in [6.07, 6.45) is 5.53. The maximum Gasteiger partial charge on any atom is 0.230 e. The fraction of sp³-hybridized carbons (Fsp3) is 0.929. The predicted octanol–water partition coefficient (Wildman–Crippen LogP) is 2.40. The molecule has 0 bridgehead atoms. The highest BCUT2D eigenvalue weighted by Gasteiger charge is 2.40. The minimum absolute atomic E-state index is 0.247. The van der Waals surface area contributed by atoms with Gasteiger partial charge in [0.1, 0.15) is 0 Å². The summed E-state index contributed by atoms with van der Waals surface area (Å²) in [5.74, 6) is 0.827. The van der Waals surface area contributed by atoms with Gasteiger partial charge in [0.05, 0.1) is 5.41 Å². The fourth-order valence-electron chi connectivity index (χ4n) is 2.87. The number of rotatable bonds is 5. The second-order valence-electron chi connectivity index (χ2n) is 5.78. The van der Waals surface area contributed by atoms with Crippen LogP contribution in [0.4, 0.5) is 0 Å². The van der Waals surface area contributed by atoms with Gasteiger partial charge in [-0.15, -0.1) is 0 Å². The van der Waals surface area contributed by atoms with E-state index in [4.69, 9.17) is 5.73 Å². The van der Waals surface area contributed by atoms with Crippen LogP contribution >= 0.6 is 0 Å². The van der Waals surface area contributed by atoms with Crippen molar-refractivity contribution in [2.45, 2.75) is 52.9 Å². The van der Waals surface area contributed by atoms with Gasteiger partial charge in [-0.25, -0.2) is 0 Å². The molecule has 1 aliphatic carbocycles. The Morgan fingerprint density at radius 1 is 1.29 bits per heavy atom. The van der Waals surface area contributed by atoms with Crippen molar-refractivity contribution in [1.29, 1.82) is 0 Å². The summed E-state index contributed by atoms with van der Waals surface area (Å²) < 4.78 is 0. The lowest BCUT2D eigenvalue weighted by molar-refractivity contribution is -0.144. The molecule has 3 nitrogen and oxygen atoms in total. The van der Waals surface area contributed by atoms with Crippen LogP contribution in [0.25, 0.3) is 0 Å². The monoisotopic (exact) mass is 240 g/mol. The SMILES string of the molecule is CCN(CC(C)C)C(=O)C1(CN)CCCCC1. The predicted molar refractivity (Wildman–Crippen MR) is 71.7 cm³/mol. The molecule has 2 N–H and O–H groups in total. The zero-order chi connectivity index (χ0) is 12.9. The zero-order valence-electron chi connectivity index (χ0n) is 11.7. The summed E-state index contributed by atoms with van der Waals surface area (Å²) >= 11 is 0. The summed E-state index contributed by atoms with van der Waals surface area (Å²) in [4.78, 5) is 14.7. The van der Waals surface area contributed by atoms with Gasteiger partial charge in [-0.05, 0) is 25.7 Å². The lowest BCUT2D eigenvalue weighted by Gasteiger charge is -2.39. The van der Waals surface area contributed by atoms with E-state index in [9.17, 15) is 4.79 Å². The Hall–Kier alpha value is -0.570. The van der Waals surface area contributed by atoms with Gasteiger partial charge in [0.2, 0.25) is 5.91 Å². The molecule has 0 spiro atoms. The third kappa shape index (κ3) is 3.44. The van der Waals surface area contributed by atoms with Gasteiger partial charge < -0.3 is 10.6 Å². The van der Waals surface area contributed by atoms with Crippen molar-refractivity contribution in [3.05, 3.63) is 0 Å². The van der Waals surface area contributed by atoms with Gasteiger partial charge in [-0.1, -0.05) is 33.1 Å². The summed E-state index contributed by atoms with van der Waals surface area (Å²) in [6, 6.07) is 0. The largest absolute Gasteiger partial charge is 0.342 e. The topological polar surface area (TPSA) is 46.3 Å². The van der Waals surface area contributed by atoms with Crippen LogP contribution in [0.2, 0.25) is 0 Å². The highest BCUT2D eigenvalue weighted by Crippen LogP contribution is 2.37. The molecule has 17 heavy (non-hydrogen) atoms. The van der Waals surface area contributed by atoms with Gasteiger partial charge >= 0.3 is 0 Å². The van der Waals surface area contributed by atoms with Crippen molar-refractivity contribution >= 4 is 5.91 Å². The minimum Gasteiger partial charge on any atom is -0.342 e. The summed E-state index contributed by atoms with van der Waals surface area (Å²) in [5, 5.41) is 0. The normalized spacial score (nSPS) is 19.4. The Kier molecular flexibility index (Phi) is 5.44. The number of hydrogen-bond donors (Lipinski definition) is 1. The minimum atomic E-state index is -0.247. The molecule has 0 saturated heterocycles. The van der Waals surface area contributed by atoms with Crippen LogP contribution < -0.4 is 5.73 Å². The van der Waals surface area contributed by atoms with Crippen molar-refractivity contribution < 1.29 is 4.79 Å². The molecule has 0 aromatic rings. The molecule has 0 aliphatic heterocycles. The van der Waals surface area contributed by atoms with Crippen molar-refractivity contribution in [2.75, 3.05) is 19.6 Å². The van der Waals surface area contributed by atoms with Crippen LogP contribution in [0.3, 0.4) is 0 Å². The smallest absolute Gasteiger partial charge is 0.230 e. The molecule has 1 saturated carbocycles. The van der Waals surface area contributed by atoms with Crippen LogP contribution in [0, 0.1) is 11.3 Å². The Morgan fingerprint density at radius 2 is 1.88 bits per heavy atom. The Morgan fingerprint density at radius 3 is 2.29 bits per heavy atom. The molecule has 0 atom stereocenters. The molecular formula is C14H28N2O. The van der Waals surface area contributed by atoms with Crippen molar-refractivity contribution in [1.82, 2.24) is 4.90 Å². The maximum absolute atomic E-state index is 12.7. The van der Waals surface area contributed by atoms with Crippen molar-refractivity contribution in [3.8, 4) is 0 Å². The van der Waals surface area contributed by atoms with E-state index in [1.165, 1.54) is 6.42 Å². The molecule has 0 unspecified atom stereocenters. The number of carbonyl (C=O) groups excluding carboxylic acids is 1. The van der Waals surface area contributed by atoms with E-state index < -0.39 is 0 Å². The molecule has 3 heteroatoms. The standard InChI is InChI=1S/C14H28N2O/c1-4-16(10-12(2)3)13(17)14(11-15)8-6-5-7-9-14/h12H,4-11,15H2,1-3H3. The Balaban J connectivity index is 2.75. The van der Waals surface area contributed by atoms with E-state index in [0.717, 1.165) is 38.8 Å². The number of carbonyl (C=O) groups is 1. The molecule has 0 aromatic carbocycles. The van der Waals surface area contributed by atoms with Crippen LogP contribution in [-0.2, 0) is 4.79 Å². The fourth-order valence-corrected chi connectivity index (χ4v) is 2.87. The lowest BCUT2D eigenvalue weighted by Crippen LogP contribution is -2.50. The van der Waals surface area contributed by atoms with Crippen LogP contribution in [0.1, 0.15) is 52.9 Å². The van der Waals surface area contributed by atoms with E-state index >= 15 is 0 Å². The van der Waals surface area contributed by atoms with Gasteiger partial charge in [0, 0.05) is 19.6 Å². The average Bonchev–Trinajstić information content (AvgIpc) is 2.35. The molecule has 1 rings (SSSR count). The molecule has 1 amide bonds. The van der Waals surface area contributed by atoms with Gasteiger partial charge in [0.25, 0.3) is 0 Å². The second-order valence-corrected chi connectivity index (χ2v) is 5.78. The third-order valence-corrected chi connectivity index (χ3v) is 3.91. The zero-order valence-corrected chi connectivity index (χ0v) is 11.7. The summed E-state index contributed by atoms with van der Waals surface area (Å²) in [6.45, 7) is 8.56.